The van der Waals surface area contributed by atoms with Gasteiger partial charge in [-0.15, -0.1) is 0 Å². The zero-order chi connectivity index (χ0) is 11.8. The van der Waals surface area contributed by atoms with Crippen molar-refractivity contribution in [1.82, 2.24) is 5.32 Å². The van der Waals surface area contributed by atoms with Crippen LogP contribution < -0.4 is 5.32 Å². The van der Waals surface area contributed by atoms with E-state index in [0.717, 1.165) is 29.3 Å². The first-order valence-electron chi connectivity index (χ1n) is 6.79. The minimum Gasteiger partial charge on any atom is -0.307 e. The third-order valence-electron chi connectivity index (χ3n) is 4.42. The van der Waals surface area contributed by atoms with Crippen molar-refractivity contribution in [3.05, 3.63) is 34.9 Å². The van der Waals surface area contributed by atoms with Gasteiger partial charge in [-0.3, -0.25) is 0 Å². The van der Waals surface area contributed by atoms with Gasteiger partial charge in [-0.25, -0.2) is 0 Å². The molecule has 0 radical (unpaired) electrons. The molecule has 1 nitrogen and oxygen atoms in total. The Morgan fingerprint density at radius 3 is 2.88 bits per heavy atom. The maximum atomic E-state index is 6.07. The summed E-state index contributed by atoms with van der Waals surface area (Å²) in [6, 6.07) is 9.51. The molecule has 2 heteroatoms. The molecule has 0 aromatic heterocycles. The van der Waals surface area contributed by atoms with Gasteiger partial charge in [0.2, 0.25) is 0 Å². The second-order valence-corrected chi connectivity index (χ2v) is 5.96. The molecule has 1 aromatic carbocycles. The SMILES string of the molecule is CCC(NC1CCC2CC21)c1cccc(Cl)c1. The second-order valence-electron chi connectivity index (χ2n) is 5.53. The summed E-state index contributed by atoms with van der Waals surface area (Å²) in [6.07, 6.45) is 5.40. The molecule has 1 aromatic rings. The molecule has 0 spiro atoms. The molecule has 0 saturated heterocycles. The van der Waals surface area contributed by atoms with E-state index in [1.165, 1.54) is 24.8 Å². The van der Waals surface area contributed by atoms with Gasteiger partial charge in [-0.05, 0) is 55.2 Å². The van der Waals surface area contributed by atoms with Crippen LogP contribution in [0.1, 0.15) is 44.2 Å². The lowest BCUT2D eigenvalue weighted by atomic mass is 10.0. The minimum atomic E-state index is 0.470. The van der Waals surface area contributed by atoms with Gasteiger partial charge in [-0.1, -0.05) is 30.7 Å². The zero-order valence-corrected chi connectivity index (χ0v) is 11.1. The monoisotopic (exact) mass is 249 g/mol. The topological polar surface area (TPSA) is 12.0 Å². The van der Waals surface area contributed by atoms with E-state index in [4.69, 9.17) is 11.6 Å². The number of halogens is 1. The number of benzene rings is 1. The molecule has 4 atom stereocenters. The molecule has 1 N–H and O–H groups in total. The molecule has 0 bridgehead atoms. The Bertz CT molecular complexity index is 404. The molecule has 0 heterocycles. The summed E-state index contributed by atoms with van der Waals surface area (Å²) in [7, 11) is 0. The molecule has 0 amide bonds. The average molecular weight is 250 g/mol. The Morgan fingerprint density at radius 1 is 1.41 bits per heavy atom. The fourth-order valence-corrected chi connectivity index (χ4v) is 3.54. The third kappa shape index (κ3) is 2.36. The number of nitrogens with one attached hydrogen (secondary N) is 1. The highest BCUT2D eigenvalue weighted by Gasteiger charge is 2.48. The Balaban J connectivity index is 1.70. The fourth-order valence-electron chi connectivity index (χ4n) is 3.34. The lowest BCUT2D eigenvalue weighted by Crippen LogP contribution is -2.32. The van der Waals surface area contributed by atoms with Crippen molar-refractivity contribution in [3.63, 3.8) is 0 Å². The fraction of sp³-hybridized carbons (Fsp3) is 0.600. The lowest BCUT2D eigenvalue weighted by Gasteiger charge is -2.23. The molecular weight excluding hydrogens is 230 g/mol. The Morgan fingerprint density at radius 2 is 2.29 bits per heavy atom. The molecule has 3 rings (SSSR count). The molecule has 2 saturated carbocycles. The van der Waals surface area contributed by atoms with E-state index in [-0.39, 0.29) is 0 Å². The van der Waals surface area contributed by atoms with Crippen LogP contribution in [0.5, 0.6) is 0 Å². The first kappa shape index (κ1) is 11.6. The number of fused-ring (bicyclic) bond motifs is 1. The van der Waals surface area contributed by atoms with Crippen LogP contribution in [0.2, 0.25) is 5.02 Å². The van der Waals surface area contributed by atoms with E-state index in [1.807, 2.05) is 6.07 Å². The lowest BCUT2D eigenvalue weighted by molar-refractivity contribution is 0.400. The van der Waals surface area contributed by atoms with Crippen LogP contribution in [0.3, 0.4) is 0 Å². The van der Waals surface area contributed by atoms with Crippen LogP contribution >= 0.6 is 11.6 Å². The van der Waals surface area contributed by atoms with Crippen molar-refractivity contribution in [2.45, 2.75) is 44.7 Å². The van der Waals surface area contributed by atoms with Crippen molar-refractivity contribution in [3.8, 4) is 0 Å². The normalized spacial score (nSPS) is 32.2. The van der Waals surface area contributed by atoms with Crippen molar-refractivity contribution >= 4 is 11.6 Å². The second kappa shape index (κ2) is 4.62. The molecule has 2 fully saturated rings. The summed E-state index contributed by atoms with van der Waals surface area (Å²) in [5.41, 5.74) is 1.34. The number of rotatable bonds is 4. The Kier molecular flexibility index (Phi) is 3.14. The first-order valence-corrected chi connectivity index (χ1v) is 7.17. The van der Waals surface area contributed by atoms with Crippen molar-refractivity contribution in [1.29, 1.82) is 0 Å². The molecule has 17 heavy (non-hydrogen) atoms. The van der Waals surface area contributed by atoms with E-state index in [0.29, 0.717) is 6.04 Å². The number of hydrogen-bond donors (Lipinski definition) is 1. The van der Waals surface area contributed by atoms with Crippen LogP contribution in [0, 0.1) is 11.8 Å². The Hall–Kier alpha value is -0.530. The smallest absolute Gasteiger partial charge is 0.0409 e. The highest BCUT2D eigenvalue weighted by atomic mass is 35.5. The van der Waals surface area contributed by atoms with Crippen molar-refractivity contribution < 1.29 is 0 Å². The summed E-state index contributed by atoms with van der Waals surface area (Å²) in [5.74, 6) is 2.02. The third-order valence-corrected chi connectivity index (χ3v) is 4.65. The molecule has 92 valence electrons. The van der Waals surface area contributed by atoms with Gasteiger partial charge in [0.25, 0.3) is 0 Å². The predicted molar refractivity (Wildman–Crippen MR) is 72.2 cm³/mol. The largest absolute Gasteiger partial charge is 0.307 e. The van der Waals surface area contributed by atoms with Crippen LogP contribution in [-0.4, -0.2) is 6.04 Å². The summed E-state index contributed by atoms with van der Waals surface area (Å²) < 4.78 is 0. The minimum absolute atomic E-state index is 0.470. The highest BCUT2D eigenvalue weighted by molar-refractivity contribution is 6.30. The van der Waals surface area contributed by atoms with Crippen LogP contribution in [0.15, 0.2) is 24.3 Å². The molecule has 4 unspecified atom stereocenters. The van der Waals surface area contributed by atoms with E-state index in [2.05, 4.69) is 30.4 Å². The summed E-state index contributed by atoms with van der Waals surface area (Å²) in [4.78, 5) is 0. The van der Waals surface area contributed by atoms with E-state index in [1.54, 1.807) is 0 Å². The van der Waals surface area contributed by atoms with Crippen LogP contribution in [-0.2, 0) is 0 Å². The number of hydrogen-bond acceptors (Lipinski definition) is 1. The van der Waals surface area contributed by atoms with E-state index < -0.39 is 0 Å². The van der Waals surface area contributed by atoms with Crippen molar-refractivity contribution in [2.24, 2.45) is 11.8 Å². The average Bonchev–Trinajstić information content (AvgIpc) is 3.01. The highest BCUT2D eigenvalue weighted by Crippen LogP contribution is 2.52. The maximum Gasteiger partial charge on any atom is 0.0409 e. The zero-order valence-electron chi connectivity index (χ0n) is 10.3. The van der Waals surface area contributed by atoms with Gasteiger partial charge in [0.05, 0.1) is 0 Å². The van der Waals surface area contributed by atoms with Gasteiger partial charge < -0.3 is 5.32 Å². The molecule has 2 aliphatic carbocycles. The summed E-state index contributed by atoms with van der Waals surface area (Å²) in [5, 5.41) is 4.69. The summed E-state index contributed by atoms with van der Waals surface area (Å²) >= 11 is 6.07. The Labute approximate surface area is 109 Å². The van der Waals surface area contributed by atoms with Gasteiger partial charge in [0.15, 0.2) is 0 Å². The first-order chi connectivity index (χ1) is 8.28. The van der Waals surface area contributed by atoms with Gasteiger partial charge in [-0.2, -0.15) is 0 Å². The quantitative estimate of drug-likeness (QED) is 0.844. The van der Waals surface area contributed by atoms with Gasteiger partial charge in [0.1, 0.15) is 0 Å². The van der Waals surface area contributed by atoms with Crippen molar-refractivity contribution in [2.75, 3.05) is 0 Å². The molecule has 0 aliphatic heterocycles. The van der Waals surface area contributed by atoms with Crippen LogP contribution in [0.4, 0.5) is 0 Å². The van der Waals surface area contributed by atoms with Gasteiger partial charge in [0, 0.05) is 17.1 Å². The summed E-state index contributed by atoms with van der Waals surface area (Å²) in [6.45, 7) is 2.25. The molecular formula is C15H20ClN. The van der Waals surface area contributed by atoms with E-state index >= 15 is 0 Å². The molecule has 2 aliphatic rings. The van der Waals surface area contributed by atoms with Crippen LogP contribution in [0.25, 0.3) is 0 Å². The van der Waals surface area contributed by atoms with Gasteiger partial charge >= 0.3 is 0 Å². The standard InChI is InChI=1S/C15H20ClN/c1-2-14(11-4-3-5-12(16)8-11)17-15-7-6-10-9-13(10)15/h3-5,8,10,13-15,17H,2,6-7,9H2,1H3. The maximum absolute atomic E-state index is 6.07. The van der Waals surface area contributed by atoms with E-state index in [9.17, 15) is 0 Å². The predicted octanol–water partition coefficient (Wildman–Crippen LogP) is 4.18.